The van der Waals surface area contributed by atoms with E-state index in [1.807, 2.05) is 0 Å². The molecule has 0 aliphatic rings. The highest BCUT2D eigenvalue weighted by atomic mass is 16.5. The van der Waals surface area contributed by atoms with Gasteiger partial charge in [-0.2, -0.15) is 0 Å². The summed E-state index contributed by atoms with van der Waals surface area (Å²) in [6.45, 7) is 0. The van der Waals surface area contributed by atoms with Gasteiger partial charge in [0, 0.05) is 6.07 Å². The molecule has 0 atom stereocenters. The fourth-order valence-corrected chi connectivity index (χ4v) is 0.650. The van der Waals surface area contributed by atoms with E-state index >= 15 is 0 Å². The van der Waals surface area contributed by atoms with Gasteiger partial charge in [-0.15, -0.1) is 0 Å². The lowest BCUT2D eigenvalue weighted by Crippen LogP contribution is -2.01. The van der Waals surface area contributed by atoms with Gasteiger partial charge in [-0.1, -0.05) is 11.5 Å². The minimum absolute atomic E-state index is 0.0550. The van der Waals surface area contributed by atoms with Crippen LogP contribution in [-0.4, -0.2) is 20.1 Å². The molecule has 0 spiro atoms. The molecule has 1 aromatic rings. The Morgan fingerprint density at radius 2 is 2.20 bits per heavy atom. The highest BCUT2D eigenvalue weighted by Gasteiger charge is 1.95. The quantitative estimate of drug-likeness (QED) is 0.555. The molecule has 2 radical (unpaired) electrons. The predicted molar refractivity (Wildman–Crippen MR) is 40.0 cm³/mol. The van der Waals surface area contributed by atoms with Crippen LogP contribution in [0.3, 0.4) is 0 Å². The van der Waals surface area contributed by atoms with E-state index in [9.17, 15) is 0 Å². The molecule has 0 heterocycles. The Kier molecular flexibility index (Phi) is 1.85. The summed E-state index contributed by atoms with van der Waals surface area (Å²) >= 11 is 0. The summed E-state index contributed by atoms with van der Waals surface area (Å²) in [5, 5.41) is 9.03. The Balaban J connectivity index is 3.04. The van der Waals surface area contributed by atoms with E-state index in [-0.39, 0.29) is 5.75 Å². The lowest BCUT2D eigenvalue weighted by molar-refractivity contribution is 0.408. The highest BCUT2D eigenvalue weighted by Crippen LogP contribution is 2.14. The van der Waals surface area contributed by atoms with Crippen LogP contribution in [0.4, 0.5) is 0 Å². The summed E-state index contributed by atoms with van der Waals surface area (Å²) < 4.78 is 4.83. The zero-order valence-electron chi connectivity index (χ0n) is 5.66. The van der Waals surface area contributed by atoms with E-state index in [1.54, 1.807) is 12.1 Å². The first-order chi connectivity index (χ1) is 4.74. The number of hydrogen-bond donors (Lipinski definition) is 1. The van der Waals surface area contributed by atoms with Crippen molar-refractivity contribution in [2.45, 2.75) is 0 Å². The van der Waals surface area contributed by atoms with E-state index < -0.39 is 0 Å². The fraction of sp³-hybridized carbons (Fsp3) is 0.143. The summed E-state index contributed by atoms with van der Waals surface area (Å²) in [5.74, 6) is 0.658. The molecule has 0 unspecified atom stereocenters. The summed E-state index contributed by atoms with van der Waals surface area (Å²) in [6.07, 6.45) is 0. The molecule has 1 aromatic carbocycles. The minimum Gasteiger partial charge on any atom is -0.508 e. The Hall–Kier alpha value is -1.12. The Morgan fingerprint density at radius 3 is 2.70 bits per heavy atom. The lowest BCUT2D eigenvalue weighted by Gasteiger charge is -2.01. The van der Waals surface area contributed by atoms with Crippen LogP contribution in [-0.2, 0) is 0 Å². The zero-order chi connectivity index (χ0) is 7.56. The number of hydrogen-bond acceptors (Lipinski definition) is 2. The van der Waals surface area contributed by atoms with Gasteiger partial charge in [0.15, 0.2) is 0 Å². The molecule has 0 saturated heterocycles. The number of phenolic OH excluding ortho intramolecular Hbond substituents is 1. The van der Waals surface area contributed by atoms with Gasteiger partial charge >= 0.3 is 0 Å². The zero-order valence-corrected chi connectivity index (χ0v) is 5.66. The van der Waals surface area contributed by atoms with Gasteiger partial charge in [0.1, 0.15) is 19.3 Å². The van der Waals surface area contributed by atoms with Crippen molar-refractivity contribution in [2.24, 2.45) is 0 Å². The van der Waals surface area contributed by atoms with Crippen LogP contribution >= 0.6 is 0 Å². The summed E-state index contributed by atoms with van der Waals surface area (Å²) in [4.78, 5) is 0. The molecule has 0 amide bonds. The minimum atomic E-state index is 0.0550. The van der Waals surface area contributed by atoms with Gasteiger partial charge in [0.25, 0.3) is 0 Å². The van der Waals surface area contributed by atoms with Crippen molar-refractivity contribution in [3.05, 3.63) is 18.2 Å². The number of ether oxygens (including phenoxy) is 1. The van der Waals surface area contributed by atoms with Gasteiger partial charge in [-0.3, -0.25) is 0 Å². The van der Waals surface area contributed by atoms with Crippen molar-refractivity contribution < 1.29 is 9.84 Å². The lowest BCUT2D eigenvalue weighted by atomic mass is 9.95. The van der Waals surface area contributed by atoms with E-state index in [1.165, 1.54) is 13.2 Å². The first kappa shape index (κ1) is 7.00. The van der Waals surface area contributed by atoms with E-state index in [0.717, 1.165) is 0 Å². The third-order valence-corrected chi connectivity index (χ3v) is 1.24. The molecule has 0 aromatic heterocycles. The molecular formula is C7H7BO2. The Morgan fingerprint density at radius 1 is 1.50 bits per heavy atom. The van der Waals surface area contributed by atoms with Crippen LogP contribution < -0.4 is 10.2 Å². The summed E-state index contributed by atoms with van der Waals surface area (Å²) in [6, 6.07) is 4.75. The maximum Gasteiger partial charge on any atom is 0.122 e. The average molecular weight is 134 g/mol. The monoisotopic (exact) mass is 134 g/mol. The van der Waals surface area contributed by atoms with Crippen LogP contribution in [0, 0.1) is 0 Å². The molecule has 1 N–H and O–H groups in total. The molecule has 0 aliphatic carbocycles. The van der Waals surface area contributed by atoms with Crippen molar-refractivity contribution in [1.82, 2.24) is 0 Å². The van der Waals surface area contributed by atoms with Crippen molar-refractivity contribution in [1.29, 1.82) is 0 Å². The Labute approximate surface area is 60.9 Å². The molecule has 3 heteroatoms. The van der Waals surface area contributed by atoms with Gasteiger partial charge in [-0.05, 0) is 6.07 Å². The van der Waals surface area contributed by atoms with E-state index in [0.29, 0.717) is 11.2 Å². The van der Waals surface area contributed by atoms with Crippen LogP contribution in [0.1, 0.15) is 0 Å². The second-order valence-electron chi connectivity index (χ2n) is 1.92. The second kappa shape index (κ2) is 2.65. The van der Waals surface area contributed by atoms with Crippen LogP contribution in [0.2, 0.25) is 0 Å². The van der Waals surface area contributed by atoms with Crippen LogP contribution in [0.25, 0.3) is 0 Å². The van der Waals surface area contributed by atoms with Gasteiger partial charge in [0.2, 0.25) is 0 Å². The van der Waals surface area contributed by atoms with Gasteiger partial charge < -0.3 is 9.84 Å². The maximum absolute atomic E-state index is 9.03. The molecule has 0 aliphatic heterocycles. The first-order valence-electron chi connectivity index (χ1n) is 2.86. The largest absolute Gasteiger partial charge is 0.508 e. The molecule has 1 rings (SSSR count). The number of methoxy groups -OCH3 is 1. The smallest absolute Gasteiger partial charge is 0.122 e. The molecular weight excluding hydrogens is 127 g/mol. The molecule has 0 bridgehead atoms. The standard InChI is InChI=1S/C7H7BO2/c1-10-5-2-3-6(8)7(9)4-5/h2-4,9H,1H3. The topological polar surface area (TPSA) is 29.5 Å². The molecule has 2 nitrogen and oxygen atoms in total. The molecule has 0 saturated carbocycles. The highest BCUT2D eigenvalue weighted by molar-refractivity contribution is 6.34. The predicted octanol–water partition coefficient (Wildman–Crippen LogP) is 0.195. The summed E-state index contributed by atoms with van der Waals surface area (Å²) in [5.41, 5.74) is 0.362. The van der Waals surface area contributed by atoms with E-state index in [2.05, 4.69) is 0 Å². The summed E-state index contributed by atoms with van der Waals surface area (Å²) in [7, 11) is 6.87. The number of phenols is 1. The van der Waals surface area contributed by atoms with Crippen molar-refractivity contribution in [2.75, 3.05) is 7.11 Å². The normalized spacial score (nSPS) is 9.30. The number of benzene rings is 1. The number of rotatable bonds is 1. The van der Waals surface area contributed by atoms with E-state index in [4.69, 9.17) is 17.7 Å². The maximum atomic E-state index is 9.03. The molecule has 0 fully saturated rings. The third-order valence-electron chi connectivity index (χ3n) is 1.24. The van der Waals surface area contributed by atoms with Gasteiger partial charge in [0.05, 0.1) is 7.11 Å². The Bertz CT molecular complexity index is 235. The second-order valence-corrected chi connectivity index (χ2v) is 1.92. The SMILES string of the molecule is [B]c1ccc(OC)cc1O. The first-order valence-corrected chi connectivity index (χ1v) is 2.86. The fourth-order valence-electron chi connectivity index (χ4n) is 0.650. The molecule has 50 valence electrons. The third kappa shape index (κ3) is 1.24. The molecule has 10 heavy (non-hydrogen) atoms. The van der Waals surface area contributed by atoms with Crippen molar-refractivity contribution in [3.8, 4) is 11.5 Å². The van der Waals surface area contributed by atoms with Crippen LogP contribution in [0.5, 0.6) is 11.5 Å². The average Bonchev–Trinajstić information content (AvgIpc) is 1.95. The van der Waals surface area contributed by atoms with Crippen molar-refractivity contribution in [3.63, 3.8) is 0 Å². The van der Waals surface area contributed by atoms with Gasteiger partial charge in [-0.25, -0.2) is 0 Å². The van der Waals surface area contributed by atoms with Crippen LogP contribution in [0.15, 0.2) is 18.2 Å². The van der Waals surface area contributed by atoms with Crippen molar-refractivity contribution >= 4 is 13.3 Å². The number of aromatic hydroxyl groups is 1.